The first-order chi connectivity index (χ1) is 9.49. The van der Waals surface area contributed by atoms with E-state index in [1.54, 1.807) is 6.33 Å². The number of nitrogens with zero attached hydrogens (tertiary/aromatic N) is 3. The SMILES string of the molecule is Cc1ccc(C(C)C)cc1OCc1ncnn1C(C)C. The van der Waals surface area contributed by atoms with Gasteiger partial charge < -0.3 is 4.74 Å². The third-order valence-electron chi connectivity index (χ3n) is 3.37. The van der Waals surface area contributed by atoms with Crippen molar-refractivity contribution in [1.82, 2.24) is 14.8 Å². The van der Waals surface area contributed by atoms with Crippen LogP contribution in [-0.2, 0) is 6.61 Å². The summed E-state index contributed by atoms with van der Waals surface area (Å²) in [4.78, 5) is 4.27. The Balaban J connectivity index is 2.14. The number of rotatable bonds is 5. The molecule has 1 heterocycles. The summed E-state index contributed by atoms with van der Waals surface area (Å²) < 4.78 is 7.83. The van der Waals surface area contributed by atoms with Crippen LogP contribution < -0.4 is 4.74 Å². The zero-order chi connectivity index (χ0) is 14.7. The highest BCUT2D eigenvalue weighted by atomic mass is 16.5. The Hall–Kier alpha value is -1.84. The van der Waals surface area contributed by atoms with Gasteiger partial charge in [0.25, 0.3) is 0 Å². The van der Waals surface area contributed by atoms with Crippen molar-refractivity contribution in [2.75, 3.05) is 0 Å². The third-order valence-corrected chi connectivity index (χ3v) is 3.37. The van der Waals surface area contributed by atoms with E-state index < -0.39 is 0 Å². The van der Waals surface area contributed by atoms with Crippen molar-refractivity contribution >= 4 is 0 Å². The van der Waals surface area contributed by atoms with Crippen LogP contribution >= 0.6 is 0 Å². The zero-order valence-electron chi connectivity index (χ0n) is 12.9. The average Bonchev–Trinajstić information content (AvgIpc) is 2.86. The molecule has 2 rings (SSSR count). The van der Waals surface area contributed by atoms with Crippen molar-refractivity contribution in [2.24, 2.45) is 0 Å². The highest BCUT2D eigenvalue weighted by Gasteiger charge is 2.10. The molecule has 0 amide bonds. The molecular formula is C16H23N3O. The van der Waals surface area contributed by atoms with Gasteiger partial charge in [0, 0.05) is 6.04 Å². The van der Waals surface area contributed by atoms with E-state index in [1.807, 2.05) is 4.68 Å². The monoisotopic (exact) mass is 273 g/mol. The summed E-state index contributed by atoms with van der Waals surface area (Å²) in [5.41, 5.74) is 2.43. The number of hydrogen-bond donors (Lipinski definition) is 0. The molecule has 0 N–H and O–H groups in total. The molecule has 0 aliphatic rings. The lowest BCUT2D eigenvalue weighted by atomic mass is 10.0. The van der Waals surface area contributed by atoms with Gasteiger partial charge in [0.1, 0.15) is 18.7 Å². The van der Waals surface area contributed by atoms with Gasteiger partial charge in [-0.1, -0.05) is 26.0 Å². The third kappa shape index (κ3) is 3.18. The van der Waals surface area contributed by atoms with Gasteiger partial charge in [-0.3, -0.25) is 0 Å². The van der Waals surface area contributed by atoms with E-state index >= 15 is 0 Å². The van der Waals surface area contributed by atoms with Crippen molar-refractivity contribution < 1.29 is 4.74 Å². The Morgan fingerprint density at radius 3 is 2.60 bits per heavy atom. The Labute approximate surface area is 120 Å². The minimum Gasteiger partial charge on any atom is -0.485 e. The van der Waals surface area contributed by atoms with Gasteiger partial charge >= 0.3 is 0 Å². The molecule has 0 aliphatic heterocycles. The fourth-order valence-corrected chi connectivity index (χ4v) is 2.08. The van der Waals surface area contributed by atoms with Crippen LogP contribution in [0.2, 0.25) is 0 Å². The first-order valence-electron chi connectivity index (χ1n) is 7.10. The fraction of sp³-hybridized carbons (Fsp3) is 0.500. The first kappa shape index (κ1) is 14.6. The maximum Gasteiger partial charge on any atom is 0.165 e. The Morgan fingerprint density at radius 1 is 1.20 bits per heavy atom. The predicted octanol–water partition coefficient (Wildman–Crippen LogP) is 3.87. The molecule has 0 saturated carbocycles. The smallest absolute Gasteiger partial charge is 0.165 e. The van der Waals surface area contributed by atoms with Crippen molar-refractivity contribution in [3.63, 3.8) is 0 Å². The van der Waals surface area contributed by atoms with Crippen molar-refractivity contribution in [3.05, 3.63) is 41.5 Å². The molecule has 0 radical (unpaired) electrons. The molecule has 0 atom stereocenters. The van der Waals surface area contributed by atoms with E-state index in [-0.39, 0.29) is 0 Å². The van der Waals surface area contributed by atoms with Crippen molar-refractivity contribution in [3.8, 4) is 5.75 Å². The lowest BCUT2D eigenvalue weighted by molar-refractivity contribution is 0.280. The summed E-state index contributed by atoms with van der Waals surface area (Å²) in [6.45, 7) is 11.0. The number of aromatic nitrogens is 3. The molecule has 2 aromatic rings. The number of aryl methyl sites for hydroxylation is 1. The minimum absolute atomic E-state index is 0.291. The van der Waals surface area contributed by atoms with Crippen LogP contribution in [0, 0.1) is 6.92 Å². The lowest BCUT2D eigenvalue weighted by Gasteiger charge is -2.14. The second kappa shape index (κ2) is 6.07. The van der Waals surface area contributed by atoms with Crippen LogP contribution in [0.5, 0.6) is 5.75 Å². The standard InChI is InChI=1S/C16H23N3O/c1-11(2)14-7-6-13(5)15(8-14)20-9-16-17-10-18-19(16)12(3)4/h6-8,10-12H,9H2,1-5H3. The van der Waals surface area contributed by atoms with Crippen LogP contribution in [0.15, 0.2) is 24.5 Å². The van der Waals surface area contributed by atoms with E-state index in [4.69, 9.17) is 4.74 Å². The van der Waals surface area contributed by atoms with Gasteiger partial charge in [-0.05, 0) is 43.9 Å². The maximum absolute atomic E-state index is 5.94. The van der Waals surface area contributed by atoms with Crippen LogP contribution in [0.4, 0.5) is 0 Å². The largest absolute Gasteiger partial charge is 0.485 e. The van der Waals surface area contributed by atoms with Gasteiger partial charge in [0.05, 0.1) is 0 Å². The molecular weight excluding hydrogens is 250 g/mol. The van der Waals surface area contributed by atoms with E-state index in [9.17, 15) is 0 Å². The van der Waals surface area contributed by atoms with Crippen LogP contribution in [0.1, 0.15) is 56.6 Å². The first-order valence-corrected chi connectivity index (χ1v) is 7.10. The minimum atomic E-state index is 0.291. The molecule has 4 heteroatoms. The normalized spacial score (nSPS) is 11.3. The number of benzene rings is 1. The van der Waals surface area contributed by atoms with Gasteiger partial charge in [0.15, 0.2) is 5.82 Å². The van der Waals surface area contributed by atoms with Crippen LogP contribution in [-0.4, -0.2) is 14.8 Å². The van der Waals surface area contributed by atoms with Crippen LogP contribution in [0.3, 0.4) is 0 Å². The molecule has 4 nitrogen and oxygen atoms in total. The molecule has 20 heavy (non-hydrogen) atoms. The highest BCUT2D eigenvalue weighted by molar-refractivity contribution is 5.37. The quantitative estimate of drug-likeness (QED) is 0.830. The van der Waals surface area contributed by atoms with E-state index in [0.29, 0.717) is 18.6 Å². The van der Waals surface area contributed by atoms with E-state index in [0.717, 1.165) is 17.1 Å². The van der Waals surface area contributed by atoms with Crippen molar-refractivity contribution in [2.45, 2.75) is 53.2 Å². The van der Waals surface area contributed by atoms with Crippen LogP contribution in [0.25, 0.3) is 0 Å². The van der Waals surface area contributed by atoms with Gasteiger partial charge in [0.2, 0.25) is 0 Å². The second-order valence-corrected chi connectivity index (χ2v) is 5.68. The lowest BCUT2D eigenvalue weighted by Crippen LogP contribution is -2.11. The average molecular weight is 273 g/mol. The summed E-state index contributed by atoms with van der Waals surface area (Å²) in [5, 5.41) is 4.22. The number of ether oxygens (including phenoxy) is 1. The molecule has 108 valence electrons. The molecule has 0 unspecified atom stereocenters. The summed E-state index contributed by atoms with van der Waals surface area (Å²) in [6.07, 6.45) is 1.58. The molecule has 0 bridgehead atoms. The molecule has 0 aliphatic carbocycles. The van der Waals surface area contributed by atoms with E-state index in [1.165, 1.54) is 5.56 Å². The molecule has 1 aromatic carbocycles. The zero-order valence-corrected chi connectivity index (χ0v) is 12.9. The summed E-state index contributed by atoms with van der Waals surface area (Å²) in [5.74, 6) is 2.28. The molecule has 1 aromatic heterocycles. The van der Waals surface area contributed by atoms with E-state index in [2.05, 4.69) is 62.9 Å². The van der Waals surface area contributed by atoms with Gasteiger partial charge in [-0.25, -0.2) is 9.67 Å². The van der Waals surface area contributed by atoms with Gasteiger partial charge in [-0.15, -0.1) is 0 Å². The molecule has 0 spiro atoms. The second-order valence-electron chi connectivity index (χ2n) is 5.68. The topological polar surface area (TPSA) is 39.9 Å². The Morgan fingerprint density at radius 2 is 1.95 bits per heavy atom. The summed E-state index contributed by atoms with van der Waals surface area (Å²) >= 11 is 0. The number of hydrogen-bond acceptors (Lipinski definition) is 3. The highest BCUT2D eigenvalue weighted by Crippen LogP contribution is 2.25. The molecule has 0 fully saturated rings. The molecule has 0 saturated heterocycles. The predicted molar refractivity (Wildman–Crippen MR) is 80.0 cm³/mol. The fourth-order valence-electron chi connectivity index (χ4n) is 2.08. The Bertz CT molecular complexity index is 573. The summed E-state index contributed by atoms with van der Waals surface area (Å²) in [6, 6.07) is 6.68. The Kier molecular flexibility index (Phi) is 4.42. The summed E-state index contributed by atoms with van der Waals surface area (Å²) in [7, 11) is 0. The maximum atomic E-state index is 5.94. The van der Waals surface area contributed by atoms with Gasteiger partial charge in [-0.2, -0.15) is 5.10 Å². The van der Waals surface area contributed by atoms with Crippen molar-refractivity contribution in [1.29, 1.82) is 0 Å².